The molecule has 2 aromatic carbocycles. The lowest BCUT2D eigenvalue weighted by molar-refractivity contribution is 0.264. The van der Waals surface area contributed by atoms with Crippen molar-refractivity contribution in [3.05, 3.63) is 54.3 Å². The van der Waals surface area contributed by atoms with Crippen LogP contribution in [0.25, 0.3) is 10.9 Å². The standard InChI is InChI=1S/C20H22FN3O2S.ClH/c1-24-9-7-16(8-10-24)22-17-3-2-4-18(13-17)27(25,26)20-12-14-11-15(21)5-6-19(14)23-20;/h2-6,11-13,16,22-23H,7-10H2,1H3;1H. The summed E-state index contributed by atoms with van der Waals surface area (Å²) < 4.78 is 39.4. The summed E-state index contributed by atoms with van der Waals surface area (Å²) in [5.74, 6) is -0.394. The SMILES string of the molecule is CN1CCC(Nc2cccc(S(=O)(=O)c3cc4cc(F)ccc4[nH]3)c2)CC1.Cl. The molecule has 0 spiro atoms. The molecule has 150 valence electrons. The van der Waals surface area contributed by atoms with Gasteiger partial charge in [-0.3, -0.25) is 0 Å². The Bertz CT molecular complexity index is 1080. The Morgan fingerprint density at radius 1 is 1.11 bits per heavy atom. The fraction of sp³-hybridized carbons (Fsp3) is 0.300. The van der Waals surface area contributed by atoms with Gasteiger partial charge in [-0.05, 0) is 75.4 Å². The van der Waals surface area contributed by atoms with Crippen molar-refractivity contribution in [3.8, 4) is 0 Å². The van der Waals surface area contributed by atoms with Crippen molar-refractivity contribution < 1.29 is 12.8 Å². The maximum absolute atomic E-state index is 13.4. The number of aromatic amines is 1. The first-order chi connectivity index (χ1) is 12.9. The minimum Gasteiger partial charge on any atom is -0.382 e. The van der Waals surface area contributed by atoms with Crippen LogP contribution in [0.3, 0.4) is 0 Å². The number of halogens is 2. The molecule has 1 aromatic heterocycles. The van der Waals surface area contributed by atoms with E-state index >= 15 is 0 Å². The lowest BCUT2D eigenvalue weighted by Crippen LogP contribution is -2.36. The first kappa shape index (κ1) is 20.6. The number of aromatic nitrogens is 1. The van der Waals surface area contributed by atoms with Gasteiger partial charge >= 0.3 is 0 Å². The Morgan fingerprint density at radius 3 is 2.61 bits per heavy atom. The smallest absolute Gasteiger partial charge is 0.221 e. The summed E-state index contributed by atoms with van der Waals surface area (Å²) in [6, 6.07) is 12.9. The first-order valence-corrected chi connectivity index (χ1v) is 10.5. The molecule has 0 bridgehead atoms. The second kappa shape index (κ2) is 8.11. The topological polar surface area (TPSA) is 65.2 Å². The zero-order valence-corrected chi connectivity index (χ0v) is 17.1. The maximum atomic E-state index is 13.4. The van der Waals surface area contributed by atoms with Crippen LogP contribution in [-0.4, -0.2) is 44.5 Å². The Labute approximate surface area is 170 Å². The van der Waals surface area contributed by atoms with Crippen LogP contribution < -0.4 is 5.32 Å². The van der Waals surface area contributed by atoms with Crippen molar-refractivity contribution in [2.45, 2.75) is 28.8 Å². The van der Waals surface area contributed by atoms with Gasteiger partial charge in [0.1, 0.15) is 10.8 Å². The molecule has 28 heavy (non-hydrogen) atoms. The molecule has 0 radical (unpaired) electrons. The molecule has 1 saturated heterocycles. The number of likely N-dealkylation sites (tertiary alicyclic amines) is 1. The van der Waals surface area contributed by atoms with Gasteiger partial charge in [-0.25, -0.2) is 12.8 Å². The summed E-state index contributed by atoms with van der Waals surface area (Å²) >= 11 is 0. The number of benzene rings is 2. The number of rotatable bonds is 4. The lowest BCUT2D eigenvalue weighted by Gasteiger charge is -2.30. The summed E-state index contributed by atoms with van der Waals surface area (Å²) in [6.45, 7) is 2.06. The third-order valence-electron chi connectivity index (χ3n) is 5.08. The second-order valence-electron chi connectivity index (χ2n) is 7.12. The molecule has 0 saturated carbocycles. The Kier molecular flexibility index (Phi) is 5.98. The lowest BCUT2D eigenvalue weighted by atomic mass is 10.1. The maximum Gasteiger partial charge on any atom is 0.221 e. The number of H-pyrrole nitrogens is 1. The zero-order chi connectivity index (χ0) is 19.0. The third kappa shape index (κ3) is 4.16. The highest BCUT2D eigenvalue weighted by atomic mass is 35.5. The van der Waals surface area contributed by atoms with Crippen LogP contribution in [0.2, 0.25) is 0 Å². The number of nitrogens with one attached hydrogen (secondary N) is 2. The number of anilines is 1. The molecule has 3 aromatic rings. The number of hydrogen-bond donors (Lipinski definition) is 2. The fourth-order valence-electron chi connectivity index (χ4n) is 3.49. The summed E-state index contributed by atoms with van der Waals surface area (Å²) in [6.07, 6.45) is 2.06. The predicted molar refractivity (Wildman–Crippen MR) is 112 cm³/mol. The average Bonchev–Trinajstić information content (AvgIpc) is 3.08. The largest absolute Gasteiger partial charge is 0.382 e. The first-order valence-electron chi connectivity index (χ1n) is 9.00. The van der Waals surface area contributed by atoms with E-state index in [9.17, 15) is 12.8 Å². The molecule has 4 rings (SSSR count). The van der Waals surface area contributed by atoms with Crippen molar-refractivity contribution >= 4 is 38.8 Å². The van der Waals surface area contributed by atoms with Crippen molar-refractivity contribution in [2.24, 2.45) is 0 Å². The Morgan fingerprint density at radius 2 is 1.86 bits per heavy atom. The van der Waals surface area contributed by atoms with E-state index in [0.29, 0.717) is 16.9 Å². The van der Waals surface area contributed by atoms with E-state index in [1.807, 2.05) is 6.07 Å². The van der Waals surface area contributed by atoms with Crippen LogP contribution in [-0.2, 0) is 9.84 Å². The molecular weight excluding hydrogens is 401 g/mol. The van der Waals surface area contributed by atoms with Crippen LogP contribution in [0.1, 0.15) is 12.8 Å². The second-order valence-corrected chi connectivity index (χ2v) is 9.04. The molecule has 0 unspecified atom stereocenters. The van der Waals surface area contributed by atoms with Gasteiger partial charge in [0.2, 0.25) is 9.84 Å². The number of fused-ring (bicyclic) bond motifs is 1. The van der Waals surface area contributed by atoms with Gasteiger partial charge in [0.25, 0.3) is 0 Å². The van der Waals surface area contributed by atoms with Crippen LogP contribution in [0.15, 0.2) is 58.5 Å². The number of nitrogens with zero attached hydrogens (tertiary/aromatic N) is 1. The van der Waals surface area contributed by atoms with E-state index in [1.54, 1.807) is 24.3 Å². The average molecular weight is 424 g/mol. The number of sulfone groups is 1. The van der Waals surface area contributed by atoms with Gasteiger partial charge in [-0.1, -0.05) is 6.07 Å². The van der Waals surface area contributed by atoms with E-state index < -0.39 is 15.7 Å². The molecule has 2 N–H and O–H groups in total. The van der Waals surface area contributed by atoms with Crippen molar-refractivity contribution in [1.82, 2.24) is 9.88 Å². The molecule has 1 aliphatic rings. The highest BCUT2D eigenvalue weighted by molar-refractivity contribution is 7.91. The highest BCUT2D eigenvalue weighted by Gasteiger charge is 2.22. The van der Waals surface area contributed by atoms with Gasteiger partial charge in [-0.2, -0.15) is 0 Å². The molecule has 0 amide bonds. The molecule has 5 nitrogen and oxygen atoms in total. The van der Waals surface area contributed by atoms with Crippen LogP contribution in [0.4, 0.5) is 10.1 Å². The predicted octanol–water partition coefficient (Wildman–Crippen LogP) is 4.07. The zero-order valence-electron chi connectivity index (χ0n) is 15.5. The molecule has 8 heteroatoms. The van der Waals surface area contributed by atoms with Crippen molar-refractivity contribution in [2.75, 3.05) is 25.5 Å². The highest BCUT2D eigenvalue weighted by Crippen LogP contribution is 2.27. The molecule has 2 heterocycles. The van der Waals surface area contributed by atoms with E-state index in [1.165, 1.54) is 18.2 Å². The minimum absolute atomic E-state index is 0. The van der Waals surface area contributed by atoms with Crippen LogP contribution >= 0.6 is 12.4 Å². The van der Waals surface area contributed by atoms with E-state index in [0.717, 1.165) is 31.6 Å². The van der Waals surface area contributed by atoms with Crippen molar-refractivity contribution in [1.29, 1.82) is 0 Å². The van der Waals surface area contributed by atoms with Crippen LogP contribution in [0, 0.1) is 5.82 Å². The number of hydrogen-bond acceptors (Lipinski definition) is 4. The molecule has 1 fully saturated rings. The van der Waals surface area contributed by atoms with Gasteiger partial charge in [-0.15, -0.1) is 12.4 Å². The summed E-state index contributed by atoms with van der Waals surface area (Å²) in [5, 5.41) is 4.05. The monoisotopic (exact) mass is 423 g/mol. The van der Waals surface area contributed by atoms with Gasteiger partial charge in [0.05, 0.1) is 4.90 Å². The van der Waals surface area contributed by atoms with Crippen LogP contribution in [0.5, 0.6) is 0 Å². The minimum atomic E-state index is -3.71. The quantitative estimate of drug-likeness (QED) is 0.664. The molecule has 0 aliphatic carbocycles. The Hall–Kier alpha value is -2.09. The van der Waals surface area contributed by atoms with E-state index in [-0.39, 0.29) is 22.3 Å². The van der Waals surface area contributed by atoms with E-state index in [4.69, 9.17) is 0 Å². The summed E-state index contributed by atoms with van der Waals surface area (Å²) in [4.78, 5) is 5.39. The van der Waals surface area contributed by atoms with Gasteiger partial charge < -0.3 is 15.2 Å². The normalized spacial score (nSPS) is 16.1. The molecular formula is C20H23ClFN3O2S. The molecule has 0 atom stereocenters. The van der Waals surface area contributed by atoms with Gasteiger partial charge in [0, 0.05) is 22.6 Å². The number of piperidine rings is 1. The molecule has 1 aliphatic heterocycles. The van der Waals surface area contributed by atoms with Crippen molar-refractivity contribution in [3.63, 3.8) is 0 Å². The van der Waals surface area contributed by atoms with E-state index in [2.05, 4.69) is 22.2 Å². The summed E-state index contributed by atoms with van der Waals surface area (Å²) in [7, 11) is -1.61. The van der Waals surface area contributed by atoms with Gasteiger partial charge in [0.15, 0.2) is 0 Å². The summed E-state index contributed by atoms with van der Waals surface area (Å²) in [5.41, 5.74) is 1.39. The fourth-order valence-corrected chi connectivity index (χ4v) is 4.81. The Balaban J connectivity index is 0.00000225. The third-order valence-corrected chi connectivity index (χ3v) is 6.75.